The Morgan fingerprint density at radius 3 is 2.10 bits per heavy atom. The van der Waals surface area contributed by atoms with Crippen LogP contribution in [0.5, 0.6) is 0 Å². The van der Waals surface area contributed by atoms with E-state index in [1.165, 1.54) is 54.5 Å². The van der Waals surface area contributed by atoms with Crippen molar-refractivity contribution in [2.75, 3.05) is 5.32 Å². The Hall–Kier alpha value is -0.980. The maximum atomic E-state index is 3.86. The van der Waals surface area contributed by atoms with Gasteiger partial charge in [-0.15, -0.1) is 0 Å². The van der Waals surface area contributed by atoms with E-state index in [4.69, 9.17) is 0 Å². The van der Waals surface area contributed by atoms with Crippen LogP contribution >= 0.6 is 0 Å². The lowest BCUT2D eigenvalue weighted by Crippen LogP contribution is -2.22. The van der Waals surface area contributed by atoms with Crippen LogP contribution < -0.4 is 5.32 Å². The lowest BCUT2D eigenvalue weighted by molar-refractivity contribution is 0.214. The molecule has 2 rings (SSSR count). The first-order chi connectivity index (χ1) is 9.77. The topological polar surface area (TPSA) is 12.0 Å². The van der Waals surface area contributed by atoms with Gasteiger partial charge in [-0.2, -0.15) is 0 Å². The minimum absolute atomic E-state index is 0.463. The average molecular weight is 287 g/mol. The predicted molar refractivity (Wildman–Crippen MR) is 94.1 cm³/mol. The molecule has 1 nitrogen and oxygen atoms in total. The van der Waals surface area contributed by atoms with Gasteiger partial charge in [-0.25, -0.2) is 0 Å². The van der Waals surface area contributed by atoms with E-state index in [1.807, 2.05) is 0 Å². The summed E-state index contributed by atoms with van der Waals surface area (Å²) in [6.45, 7) is 13.9. The maximum absolute atomic E-state index is 3.86. The number of aryl methyl sites for hydroxylation is 3. The fraction of sp³-hybridized carbons (Fsp3) is 0.700. The van der Waals surface area contributed by atoms with Crippen LogP contribution in [0.1, 0.15) is 69.6 Å². The quantitative estimate of drug-likeness (QED) is 0.656. The van der Waals surface area contributed by atoms with Crippen LogP contribution in [0, 0.1) is 32.1 Å². The first kappa shape index (κ1) is 16.4. The summed E-state index contributed by atoms with van der Waals surface area (Å²) < 4.78 is 0. The van der Waals surface area contributed by atoms with Gasteiger partial charge in [0.25, 0.3) is 0 Å². The molecule has 1 aromatic rings. The van der Waals surface area contributed by atoms with Gasteiger partial charge in [0.15, 0.2) is 0 Å². The molecule has 0 aromatic heterocycles. The van der Waals surface area contributed by atoms with Crippen molar-refractivity contribution in [2.24, 2.45) is 11.3 Å². The molecular formula is C20H33N. The van der Waals surface area contributed by atoms with Crippen molar-refractivity contribution >= 4 is 5.69 Å². The number of anilines is 1. The Kier molecular flexibility index (Phi) is 5.01. The van der Waals surface area contributed by atoms with E-state index in [1.54, 1.807) is 0 Å². The smallest absolute Gasteiger partial charge is 0.0401 e. The molecular weight excluding hydrogens is 254 g/mol. The summed E-state index contributed by atoms with van der Waals surface area (Å²) >= 11 is 0. The van der Waals surface area contributed by atoms with E-state index >= 15 is 0 Å². The summed E-state index contributed by atoms with van der Waals surface area (Å²) in [5.41, 5.74) is 5.99. The summed E-state index contributed by atoms with van der Waals surface area (Å²) in [7, 11) is 0. The van der Waals surface area contributed by atoms with Crippen LogP contribution in [0.15, 0.2) is 12.1 Å². The summed E-state index contributed by atoms with van der Waals surface area (Å²) in [6.07, 6.45) is 6.76. The summed E-state index contributed by atoms with van der Waals surface area (Å²) in [5, 5.41) is 3.86. The number of benzene rings is 1. The van der Waals surface area contributed by atoms with E-state index in [9.17, 15) is 0 Å². The molecule has 1 N–H and O–H groups in total. The molecule has 1 heteroatoms. The van der Waals surface area contributed by atoms with Crippen LogP contribution in [0.4, 0.5) is 5.69 Å². The van der Waals surface area contributed by atoms with Crippen LogP contribution in [-0.2, 0) is 0 Å². The van der Waals surface area contributed by atoms with Crippen molar-refractivity contribution in [3.8, 4) is 0 Å². The fourth-order valence-electron chi connectivity index (χ4n) is 3.92. The summed E-state index contributed by atoms with van der Waals surface area (Å²) in [4.78, 5) is 0. The zero-order valence-electron chi connectivity index (χ0n) is 14.8. The normalized spacial score (nSPS) is 23.7. The maximum Gasteiger partial charge on any atom is 0.0401 e. The number of rotatable bonds is 2. The second-order valence-electron chi connectivity index (χ2n) is 8.19. The Morgan fingerprint density at radius 1 is 0.905 bits per heavy atom. The van der Waals surface area contributed by atoms with Crippen molar-refractivity contribution < 1.29 is 0 Å². The molecule has 0 amide bonds. The highest BCUT2D eigenvalue weighted by Crippen LogP contribution is 2.37. The van der Waals surface area contributed by atoms with Gasteiger partial charge >= 0.3 is 0 Å². The second kappa shape index (κ2) is 6.42. The van der Waals surface area contributed by atoms with Gasteiger partial charge in [0.1, 0.15) is 0 Å². The van der Waals surface area contributed by atoms with Crippen molar-refractivity contribution in [3.05, 3.63) is 28.8 Å². The molecule has 0 bridgehead atoms. The Balaban J connectivity index is 2.05. The highest BCUT2D eigenvalue weighted by Gasteiger charge is 2.27. The fourth-order valence-corrected chi connectivity index (χ4v) is 3.92. The third-order valence-corrected chi connectivity index (χ3v) is 5.22. The van der Waals surface area contributed by atoms with Crippen molar-refractivity contribution in [1.82, 2.24) is 0 Å². The third kappa shape index (κ3) is 4.25. The lowest BCUT2D eigenvalue weighted by atomic mass is 9.76. The highest BCUT2D eigenvalue weighted by atomic mass is 14.9. The largest absolute Gasteiger partial charge is 0.382 e. The molecule has 1 aliphatic rings. The summed E-state index contributed by atoms with van der Waals surface area (Å²) in [6, 6.07) is 5.24. The first-order valence-corrected chi connectivity index (χ1v) is 8.62. The molecule has 2 atom stereocenters. The molecule has 1 saturated carbocycles. The van der Waals surface area contributed by atoms with Crippen molar-refractivity contribution in [1.29, 1.82) is 0 Å². The van der Waals surface area contributed by atoms with Crippen LogP contribution in [0.3, 0.4) is 0 Å². The second-order valence-corrected chi connectivity index (χ2v) is 8.19. The molecule has 21 heavy (non-hydrogen) atoms. The van der Waals surface area contributed by atoms with E-state index in [-0.39, 0.29) is 0 Å². The SMILES string of the molecule is Cc1cc(C)c(NC2CCCC(C(C)(C)C)CC2)c(C)c1. The van der Waals surface area contributed by atoms with E-state index in [0.717, 1.165) is 5.92 Å². The molecule has 1 fully saturated rings. The van der Waals surface area contributed by atoms with E-state index < -0.39 is 0 Å². The lowest BCUT2D eigenvalue weighted by Gasteiger charge is -2.30. The summed E-state index contributed by atoms with van der Waals surface area (Å²) in [5.74, 6) is 0.879. The first-order valence-electron chi connectivity index (χ1n) is 8.62. The average Bonchev–Trinajstić information content (AvgIpc) is 2.58. The monoisotopic (exact) mass is 287 g/mol. The number of nitrogens with one attached hydrogen (secondary N) is 1. The van der Waals surface area contributed by atoms with Gasteiger partial charge in [-0.3, -0.25) is 0 Å². The zero-order valence-corrected chi connectivity index (χ0v) is 14.8. The van der Waals surface area contributed by atoms with Crippen molar-refractivity contribution in [3.63, 3.8) is 0 Å². The van der Waals surface area contributed by atoms with Gasteiger partial charge in [-0.05, 0) is 68.9 Å². The van der Waals surface area contributed by atoms with Gasteiger partial charge in [0.2, 0.25) is 0 Å². The van der Waals surface area contributed by atoms with E-state index in [2.05, 4.69) is 59.0 Å². The molecule has 2 unspecified atom stereocenters. The number of hydrogen-bond donors (Lipinski definition) is 1. The standard InChI is InChI=1S/C20H33N/c1-14-12-15(2)19(16(3)13-14)21-18-9-7-8-17(10-11-18)20(4,5)6/h12-13,17-18,21H,7-11H2,1-6H3. The molecule has 118 valence electrons. The molecule has 1 aromatic carbocycles. The van der Waals surface area contributed by atoms with Gasteiger partial charge in [0, 0.05) is 11.7 Å². The Bertz CT molecular complexity index is 458. The number of hydrogen-bond acceptors (Lipinski definition) is 1. The van der Waals surface area contributed by atoms with Gasteiger partial charge in [0.05, 0.1) is 0 Å². The van der Waals surface area contributed by atoms with Crippen LogP contribution in [0.25, 0.3) is 0 Å². The molecule has 0 spiro atoms. The molecule has 0 saturated heterocycles. The minimum atomic E-state index is 0.463. The highest BCUT2D eigenvalue weighted by molar-refractivity contribution is 5.58. The Labute approximate surface area is 131 Å². The van der Waals surface area contributed by atoms with E-state index in [0.29, 0.717) is 11.5 Å². The molecule has 1 aliphatic carbocycles. The third-order valence-electron chi connectivity index (χ3n) is 5.22. The molecule has 0 radical (unpaired) electrons. The van der Waals surface area contributed by atoms with Gasteiger partial charge < -0.3 is 5.32 Å². The minimum Gasteiger partial charge on any atom is -0.382 e. The predicted octanol–water partition coefficient (Wildman–Crippen LogP) is 6.02. The molecule has 0 aliphatic heterocycles. The Morgan fingerprint density at radius 2 is 1.52 bits per heavy atom. The van der Waals surface area contributed by atoms with Gasteiger partial charge in [-0.1, -0.05) is 44.9 Å². The van der Waals surface area contributed by atoms with Crippen LogP contribution in [-0.4, -0.2) is 6.04 Å². The van der Waals surface area contributed by atoms with Crippen LogP contribution in [0.2, 0.25) is 0 Å². The zero-order chi connectivity index (χ0) is 15.6. The van der Waals surface area contributed by atoms with Crippen molar-refractivity contribution in [2.45, 2.75) is 79.7 Å². The molecule has 0 heterocycles.